The quantitative estimate of drug-likeness (QED) is 0.651. The van der Waals surface area contributed by atoms with E-state index < -0.39 is 0 Å². The number of benzene rings is 2. The van der Waals surface area contributed by atoms with E-state index in [1.165, 1.54) is 29.2 Å². The van der Waals surface area contributed by atoms with Crippen LogP contribution in [0.25, 0.3) is 10.8 Å². The lowest BCUT2D eigenvalue weighted by Gasteiger charge is -2.26. The molecule has 1 saturated heterocycles. The van der Waals surface area contributed by atoms with Gasteiger partial charge in [0, 0.05) is 13.1 Å². The molecular weight excluding hydrogens is 350 g/mol. The molecule has 3 aromatic rings. The molecule has 2 N–H and O–H groups in total. The molecule has 0 saturated carbocycles. The largest absolute Gasteiger partial charge is 0.468 e. The van der Waals surface area contributed by atoms with Crippen LogP contribution in [-0.2, 0) is 6.42 Å². The summed E-state index contributed by atoms with van der Waals surface area (Å²) >= 11 is 0. The van der Waals surface area contributed by atoms with E-state index in [4.69, 9.17) is 4.42 Å². The highest BCUT2D eigenvalue weighted by atomic mass is 16.3. The molecule has 28 heavy (non-hydrogen) atoms. The van der Waals surface area contributed by atoms with E-state index in [0.717, 1.165) is 25.3 Å². The van der Waals surface area contributed by atoms with E-state index in [1.807, 2.05) is 18.2 Å². The predicted molar refractivity (Wildman–Crippen MR) is 111 cm³/mol. The summed E-state index contributed by atoms with van der Waals surface area (Å²) in [6.45, 7) is 3.26. The fourth-order valence-corrected chi connectivity index (χ4v) is 4.02. The minimum atomic E-state index is -0.129. The van der Waals surface area contributed by atoms with E-state index in [9.17, 15) is 4.79 Å². The second kappa shape index (κ2) is 8.93. The number of fused-ring (bicyclic) bond motifs is 1. The molecule has 1 aliphatic heterocycles. The Labute approximate surface area is 165 Å². The zero-order chi connectivity index (χ0) is 19.2. The van der Waals surface area contributed by atoms with Gasteiger partial charge >= 0.3 is 6.03 Å². The maximum Gasteiger partial charge on any atom is 0.314 e. The van der Waals surface area contributed by atoms with Crippen molar-refractivity contribution in [3.63, 3.8) is 0 Å². The first kappa shape index (κ1) is 18.6. The number of likely N-dealkylation sites (tertiary alicyclic amines) is 1. The molecule has 1 unspecified atom stereocenters. The second-order valence-electron chi connectivity index (χ2n) is 7.30. The molecule has 0 aliphatic carbocycles. The first-order valence-electron chi connectivity index (χ1n) is 10.1. The highest BCUT2D eigenvalue weighted by Crippen LogP contribution is 2.24. The smallest absolute Gasteiger partial charge is 0.314 e. The van der Waals surface area contributed by atoms with Crippen molar-refractivity contribution in [3.05, 3.63) is 72.2 Å². The number of hydrogen-bond donors (Lipinski definition) is 2. The highest BCUT2D eigenvalue weighted by Gasteiger charge is 2.25. The minimum absolute atomic E-state index is 0.0984. The van der Waals surface area contributed by atoms with Gasteiger partial charge in [0.15, 0.2) is 0 Å². The lowest BCUT2D eigenvalue weighted by molar-refractivity contribution is 0.203. The first-order valence-corrected chi connectivity index (χ1v) is 10.1. The summed E-state index contributed by atoms with van der Waals surface area (Å²) in [5, 5.41) is 8.49. The fourth-order valence-electron chi connectivity index (χ4n) is 4.02. The summed E-state index contributed by atoms with van der Waals surface area (Å²) < 4.78 is 5.61. The van der Waals surface area contributed by atoms with Gasteiger partial charge in [-0.15, -0.1) is 0 Å². The average Bonchev–Trinajstić information content (AvgIpc) is 3.43. The van der Waals surface area contributed by atoms with Crippen molar-refractivity contribution < 1.29 is 9.21 Å². The number of amides is 2. The van der Waals surface area contributed by atoms with Gasteiger partial charge < -0.3 is 15.1 Å². The summed E-state index contributed by atoms with van der Waals surface area (Å²) in [6.07, 6.45) is 4.91. The highest BCUT2D eigenvalue weighted by molar-refractivity contribution is 5.85. The number of carbonyl (C=O) groups is 1. The van der Waals surface area contributed by atoms with Crippen LogP contribution in [0.1, 0.15) is 30.2 Å². The van der Waals surface area contributed by atoms with Crippen LogP contribution in [0.5, 0.6) is 0 Å². The molecular formula is C23H27N3O2. The number of furan rings is 1. The Morgan fingerprint density at radius 1 is 1.00 bits per heavy atom. The molecule has 0 spiro atoms. The Bertz CT molecular complexity index is 896. The van der Waals surface area contributed by atoms with E-state index in [-0.39, 0.29) is 12.1 Å². The number of hydrogen-bond acceptors (Lipinski definition) is 3. The van der Waals surface area contributed by atoms with Crippen molar-refractivity contribution in [2.75, 3.05) is 26.2 Å². The Kier molecular flexibility index (Phi) is 5.92. The molecule has 2 amide bonds. The summed E-state index contributed by atoms with van der Waals surface area (Å²) in [5.41, 5.74) is 1.25. The van der Waals surface area contributed by atoms with Crippen molar-refractivity contribution in [2.24, 2.45) is 0 Å². The lowest BCUT2D eigenvalue weighted by Crippen LogP contribution is -2.42. The summed E-state index contributed by atoms with van der Waals surface area (Å²) in [7, 11) is 0. The third kappa shape index (κ3) is 4.37. The number of rotatable bonds is 7. The van der Waals surface area contributed by atoms with Gasteiger partial charge in [0.1, 0.15) is 5.76 Å². The van der Waals surface area contributed by atoms with E-state index in [1.54, 1.807) is 6.26 Å². The standard InChI is InChI=1S/C23H27N3O2/c27-23(24-13-12-19-9-5-8-18-7-1-2-10-20(18)19)25-17-21(22-11-6-16-28-22)26-14-3-4-15-26/h1-2,5-11,16,21H,3-4,12-15,17H2,(H2,24,25,27). The maximum absolute atomic E-state index is 12.3. The van der Waals surface area contributed by atoms with Crippen molar-refractivity contribution in [1.29, 1.82) is 0 Å². The Balaban J connectivity index is 1.29. The topological polar surface area (TPSA) is 57.5 Å². The molecule has 4 rings (SSSR count). The zero-order valence-electron chi connectivity index (χ0n) is 16.1. The van der Waals surface area contributed by atoms with Gasteiger partial charge in [0.2, 0.25) is 0 Å². The summed E-state index contributed by atoms with van der Waals surface area (Å²) in [6, 6.07) is 18.5. The van der Waals surface area contributed by atoms with Crippen LogP contribution >= 0.6 is 0 Å². The number of urea groups is 1. The summed E-state index contributed by atoms with van der Waals surface area (Å²) in [4.78, 5) is 14.7. The van der Waals surface area contributed by atoms with Gasteiger partial charge in [-0.1, -0.05) is 42.5 Å². The van der Waals surface area contributed by atoms with Gasteiger partial charge in [0.25, 0.3) is 0 Å². The van der Waals surface area contributed by atoms with Crippen LogP contribution in [0, 0.1) is 0 Å². The monoisotopic (exact) mass is 377 g/mol. The molecule has 1 aromatic heterocycles. The van der Waals surface area contributed by atoms with Crippen molar-refractivity contribution >= 4 is 16.8 Å². The third-order valence-electron chi connectivity index (χ3n) is 5.47. The van der Waals surface area contributed by atoms with Gasteiger partial charge in [-0.25, -0.2) is 4.79 Å². The van der Waals surface area contributed by atoms with E-state index in [0.29, 0.717) is 13.1 Å². The Hall–Kier alpha value is -2.79. The fraction of sp³-hybridized carbons (Fsp3) is 0.348. The third-order valence-corrected chi connectivity index (χ3v) is 5.47. The van der Waals surface area contributed by atoms with Gasteiger partial charge in [-0.3, -0.25) is 4.90 Å². The number of nitrogens with zero attached hydrogens (tertiary/aromatic N) is 1. The SMILES string of the molecule is O=C(NCCc1cccc2ccccc12)NCC(c1ccco1)N1CCCC1. The van der Waals surface area contributed by atoms with E-state index in [2.05, 4.69) is 51.9 Å². The van der Waals surface area contributed by atoms with Crippen LogP contribution in [0.15, 0.2) is 65.3 Å². The molecule has 2 aromatic carbocycles. The molecule has 1 fully saturated rings. The van der Waals surface area contributed by atoms with E-state index >= 15 is 0 Å². The second-order valence-corrected chi connectivity index (χ2v) is 7.30. The van der Waals surface area contributed by atoms with Crippen LogP contribution < -0.4 is 10.6 Å². The Morgan fingerprint density at radius 2 is 1.82 bits per heavy atom. The van der Waals surface area contributed by atoms with Gasteiger partial charge in [-0.2, -0.15) is 0 Å². The molecule has 2 heterocycles. The van der Waals surface area contributed by atoms with Crippen LogP contribution in [0.3, 0.4) is 0 Å². The van der Waals surface area contributed by atoms with Crippen LogP contribution in [-0.4, -0.2) is 37.1 Å². The zero-order valence-corrected chi connectivity index (χ0v) is 16.1. The summed E-state index contributed by atoms with van der Waals surface area (Å²) in [5.74, 6) is 0.915. The maximum atomic E-state index is 12.3. The molecule has 5 heteroatoms. The van der Waals surface area contributed by atoms with Crippen molar-refractivity contribution in [2.45, 2.75) is 25.3 Å². The van der Waals surface area contributed by atoms with Crippen molar-refractivity contribution in [3.8, 4) is 0 Å². The lowest BCUT2D eigenvalue weighted by atomic mass is 10.0. The van der Waals surface area contributed by atoms with Gasteiger partial charge in [-0.05, 0) is 60.8 Å². The molecule has 5 nitrogen and oxygen atoms in total. The first-order chi connectivity index (χ1) is 13.8. The molecule has 1 atom stereocenters. The Morgan fingerprint density at radius 3 is 2.64 bits per heavy atom. The number of carbonyl (C=O) groups excluding carboxylic acids is 1. The molecule has 0 radical (unpaired) electrons. The van der Waals surface area contributed by atoms with Crippen molar-refractivity contribution in [1.82, 2.24) is 15.5 Å². The molecule has 146 valence electrons. The van der Waals surface area contributed by atoms with Crippen LogP contribution in [0.2, 0.25) is 0 Å². The predicted octanol–water partition coefficient (Wildman–Crippen LogP) is 4.11. The number of nitrogens with one attached hydrogen (secondary N) is 2. The average molecular weight is 377 g/mol. The normalized spacial score (nSPS) is 15.6. The molecule has 0 bridgehead atoms. The molecule has 1 aliphatic rings. The van der Waals surface area contributed by atoms with Crippen LogP contribution in [0.4, 0.5) is 4.79 Å². The minimum Gasteiger partial charge on any atom is -0.468 e. The van der Waals surface area contributed by atoms with Gasteiger partial charge in [0.05, 0.1) is 12.3 Å².